The molecule has 1 amide bonds. The molecule has 1 heterocycles. The molecule has 54 valence electrons. The summed E-state index contributed by atoms with van der Waals surface area (Å²) in [4.78, 5) is 14.1. The number of carbonyl (C=O) groups excluding carboxylic acids is 1. The normalized spacial score (nSPS) is 8.00. The molecule has 0 spiro atoms. The molecule has 4 heteroatoms. The summed E-state index contributed by atoms with van der Waals surface area (Å²) >= 11 is 0. The second kappa shape index (κ2) is 4.07. The van der Waals surface area contributed by atoms with Crippen molar-refractivity contribution in [1.82, 2.24) is 4.98 Å². The Morgan fingerprint density at radius 3 is 2.20 bits per heavy atom. The van der Waals surface area contributed by atoms with E-state index < -0.39 is 5.91 Å². The number of rotatable bonds is 1. The van der Waals surface area contributed by atoms with E-state index in [2.05, 4.69) is 4.98 Å². The summed E-state index contributed by atoms with van der Waals surface area (Å²) in [6.07, 6.45) is 3.06. The van der Waals surface area contributed by atoms with Gasteiger partial charge in [-0.15, -0.1) is 0 Å². The molecule has 0 saturated heterocycles. The van der Waals surface area contributed by atoms with Gasteiger partial charge in [-0.25, -0.2) is 0 Å². The van der Waals surface area contributed by atoms with Gasteiger partial charge >= 0.3 is 18.0 Å². The Morgan fingerprint density at radius 2 is 1.90 bits per heavy atom. The first-order valence-corrected chi connectivity index (χ1v) is 2.50. The molecule has 1 aromatic heterocycles. The van der Waals surface area contributed by atoms with Crippen LogP contribution in [0.2, 0.25) is 0 Å². The van der Waals surface area contributed by atoms with Crippen LogP contribution in [0.4, 0.5) is 0 Å². The molecule has 0 aromatic carbocycles. The minimum atomic E-state index is -0.419. The van der Waals surface area contributed by atoms with Gasteiger partial charge in [-0.3, -0.25) is 9.78 Å². The van der Waals surface area contributed by atoms with Gasteiger partial charge in [0.05, 0.1) is 0 Å². The molecule has 3 nitrogen and oxygen atoms in total. The monoisotopic (exact) mass is 200 g/mol. The van der Waals surface area contributed by atoms with Crippen LogP contribution in [0.1, 0.15) is 10.4 Å². The van der Waals surface area contributed by atoms with Crippen molar-refractivity contribution < 1.29 is 4.79 Å². The average molecular weight is 200 g/mol. The molecular weight excluding hydrogens is 191 g/mol. The standard InChI is InChI=1S/C6H6N2O.AsH3/c7-6(9)5-1-3-8-4-2-5;/h1-4H,(H2,7,9);1H3. The van der Waals surface area contributed by atoms with Crippen molar-refractivity contribution in [3.63, 3.8) is 0 Å². The molecule has 1 atom stereocenters. The summed E-state index contributed by atoms with van der Waals surface area (Å²) < 4.78 is 0. The maximum absolute atomic E-state index is 10.4. The van der Waals surface area contributed by atoms with E-state index in [9.17, 15) is 4.79 Å². The predicted octanol–water partition coefficient (Wildman–Crippen LogP) is -1.00. The second-order valence-corrected chi connectivity index (χ2v) is 1.60. The first-order valence-electron chi connectivity index (χ1n) is 2.50. The molecule has 0 aliphatic heterocycles. The molecule has 1 unspecified atom stereocenters. The van der Waals surface area contributed by atoms with Crippen molar-refractivity contribution in [2.24, 2.45) is 5.73 Å². The topological polar surface area (TPSA) is 56.0 Å². The number of hydrogen-bond acceptors (Lipinski definition) is 2. The molecule has 1 rings (SSSR count). The molecule has 0 aliphatic carbocycles. The van der Waals surface area contributed by atoms with Crippen molar-refractivity contribution in [2.45, 2.75) is 0 Å². The van der Waals surface area contributed by atoms with Crippen LogP contribution in [0.5, 0.6) is 0 Å². The van der Waals surface area contributed by atoms with E-state index in [1.807, 2.05) is 0 Å². The predicted molar refractivity (Wildman–Crippen MR) is 42.7 cm³/mol. The number of nitrogens with two attached hydrogens (primary N) is 1. The molecule has 0 aliphatic rings. The Morgan fingerprint density at radius 1 is 1.40 bits per heavy atom. The number of primary amides is 1. The molecule has 0 radical (unpaired) electrons. The zero-order valence-corrected chi connectivity index (χ0v) is 8.42. The third-order valence-electron chi connectivity index (χ3n) is 0.965. The fourth-order valence-corrected chi connectivity index (χ4v) is 0.516. The molecule has 2 N–H and O–H groups in total. The van der Waals surface area contributed by atoms with E-state index in [1.54, 1.807) is 12.1 Å². The number of aromatic nitrogens is 1. The van der Waals surface area contributed by atoms with Gasteiger partial charge in [0.2, 0.25) is 5.91 Å². The van der Waals surface area contributed by atoms with Crippen molar-refractivity contribution >= 4 is 23.9 Å². The molecule has 10 heavy (non-hydrogen) atoms. The second-order valence-electron chi connectivity index (χ2n) is 1.60. The Labute approximate surface area is 70.0 Å². The van der Waals surface area contributed by atoms with Crippen LogP contribution < -0.4 is 5.73 Å². The van der Waals surface area contributed by atoms with E-state index >= 15 is 0 Å². The minimum absolute atomic E-state index is 0. The van der Waals surface area contributed by atoms with Crippen molar-refractivity contribution in [1.29, 1.82) is 0 Å². The van der Waals surface area contributed by atoms with Crippen LogP contribution in [0, 0.1) is 0 Å². The van der Waals surface area contributed by atoms with Gasteiger partial charge in [0.15, 0.2) is 0 Å². The third-order valence-corrected chi connectivity index (χ3v) is 0.965. The van der Waals surface area contributed by atoms with Gasteiger partial charge in [0.1, 0.15) is 0 Å². The van der Waals surface area contributed by atoms with Crippen molar-refractivity contribution in [3.05, 3.63) is 30.1 Å². The van der Waals surface area contributed by atoms with Gasteiger partial charge in [-0.1, -0.05) is 0 Å². The van der Waals surface area contributed by atoms with Crippen LogP contribution in [0.15, 0.2) is 24.5 Å². The summed E-state index contributed by atoms with van der Waals surface area (Å²) in [6.45, 7) is 0. The van der Waals surface area contributed by atoms with E-state index in [0.717, 1.165) is 0 Å². The maximum atomic E-state index is 10.4. The van der Waals surface area contributed by atoms with Crippen LogP contribution in [-0.2, 0) is 0 Å². The van der Waals surface area contributed by atoms with Gasteiger partial charge in [0.25, 0.3) is 0 Å². The Bertz CT molecular complexity index is 212. The Kier molecular flexibility index (Phi) is 3.73. The van der Waals surface area contributed by atoms with Crippen LogP contribution in [-0.4, -0.2) is 28.8 Å². The molecule has 0 saturated carbocycles. The summed E-state index contributed by atoms with van der Waals surface area (Å²) in [5, 5.41) is 0. The average Bonchev–Trinajstić information content (AvgIpc) is 1.90. The summed E-state index contributed by atoms with van der Waals surface area (Å²) in [7, 11) is 0. The van der Waals surface area contributed by atoms with E-state index in [4.69, 9.17) is 5.73 Å². The summed E-state index contributed by atoms with van der Waals surface area (Å²) in [6, 6.07) is 3.14. The number of amides is 1. The number of pyridine rings is 1. The number of nitrogens with zero attached hydrogens (tertiary/aromatic N) is 1. The Balaban J connectivity index is 0.000000810. The first-order chi connectivity index (χ1) is 4.30. The van der Waals surface area contributed by atoms with Crippen molar-refractivity contribution in [3.8, 4) is 0 Å². The Hall–Kier alpha value is -0.822. The van der Waals surface area contributed by atoms with Gasteiger partial charge in [-0.05, 0) is 12.1 Å². The molecular formula is C6H9AsN2O. The van der Waals surface area contributed by atoms with E-state index in [0.29, 0.717) is 5.56 Å². The molecule has 1 aromatic rings. The number of hydrogen-bond donors (Lipinski definition) is 1. The van der Waals surface area contributed by atoms with Crippen LogP contribution in [0.3, 0.4) is 0 Å². The van der Waals surface area contributed by atoms with Gasteiger partial charge in [-0.2, -0.15) is 0 Å². The zero-order chi connectivity index (χ0) is 6.69. The fourth-order valence-electron chi connectivity index (χ4n) is 0.516. The van der Waals surface area contributed by atoms with Crippen molar-refractivity contribution in [2.75, 3.05) is 0 Å². The summed E-state index contributed by atoms with van der Waals surface area (Å²) in [5.41, 5.74) is 5.44. The molecule has 0 fully saturated rings. The zero-order valence-electron chi connectivity index (χ0n) is 5.45. The molecule has 0 bridgehead atoms. The quantitative estimate of drug-likeness (QED) is 0.591. The van der Waals surface area contributed by atoms with Gasteiger partial charge in [0, 0.05) is 18.0 Å². The van der Waals surface area contributed by atoms with Gasteiger partial charge < -0.3 is 5.73 Å². The van der Waals surface area contributed by atoms with E-state index in [1.165, 1.54) is 12.4 Å². The summed E-state index contributed by atoms with van der Waals surface area (Å²) in [5.74, 6) is -0.419. The fraction of sp³-hybridized carbons (Fsp3) is 0. The van der Waals surface area contributed by atoms with Crippen LogP contribution >= 0.6 is 0 Å². The SMILES string of the molecule is NC(=O)c1ccncc1.[AsH3]. The van der Waals surface area contributed by atoms with E-state index in [-0.39, 0.29) is 18.0 Å². The first kappa shape index (κ1) is 9.18. The third kappa shape index (κ3) is 2.19. The van der Waals surface area contributed by atoms with Crippen LogP contribution in [0.25, 0.3) is 0 Å². The number of carbonyl (C=O) groups is 1.